The molecule has 28 heavy (non-hydrogen) atoms. The van der Waals surface area contributed by atoms with E-state index < -0.39 is 0 Å². The Labute approximate surface area is 177 Å². The number of likely N-dealkylation sites (N-methyl/N-ethyl adjacent to an activating group) is 1. The molecule has 0 radical (unpaired) electrons. The minimum Gasteiger partial charge on any atom is -0.492 e. The van der Waals surface area contributed by atoms with Gasteiger partial charge in [-0.05, 0) is 24.3 Å². The lowest BCUT2D eigenvalue weighted by molar-refractivity contribution is -0.132. The highest BCUT2D eigenvalue weighted by atomic mass is 35.5. The van der Waals surface area contributed by atoms with Gasteiger partial charge in [-0.3, -0.25) is 9.69 Å². The normalized spacial score (nSPS) is 17.0. The number of halogens is 2. The maximum absolute atomic E-state index is 12.7. The first-order chi connectivity index (χ1) is 13.0. The molecule has 2 heterocycles. The summed E-state index contributed by atoms with van der Waals surface area (Å²) < 4.78 is 7.69. The van der Waals surface area contributed by atoms with Gasteiger partial charge in [-0.25, -0.2) is 4.98 Å². The van der Waals surface area contributed by atoms with Crippen molar-refractivity contribution in [2.24, 2.45) is 7.05 Å². The number of carbonyl (C=O) groups excluding carboxylic acids is 1. The minimum atomic E-state index is 0. The summed E-state index contributed by atoms with van der Waals surface area (Å²) in [5, 5.41) is 4.06. The third-order valence-electron chi connectivity index (χ3n) is 4.78. The van der Waals surface area contributed by atoms with E-state index in [1.54, 1.807) is 23.2 Å². The van der Waals surface area contributed by atoms with E-state index in [4.69, 9.17) is 16.3 Å². The van der Waals surface area contributed by atoms with Gasteiger partial charge in [0.25, 0.3) is 0 Å². The summed E-state index contributed by atoms with van der Waals surface area (Å²) in [5.74, 6) is 1.80. The zero-order chi connectivity index (χ0) is 19.2. The van der Waals surface area contributed by atoms with Crippen LogP contribution in [0.2, 0.25) is 5.02 Å². The van der Waals surface area contributed by atoms with Crippen LogP contribution in [0.15, 0.2) is 36.7 Å². The second-order valence-electron chi connectivity index (χ2n) is 6.70. The van der Waals surface area contributed by atoms with E-state index in [1.807, 2.05) is 37.0 Å². The van der Waals surface area contributed by atoms with Gasteiger partial charge in [0.05, 0.1) is 19.1 Å². The molecule has 1 atom stereocenters. The fourth-order valence-electron chi connectivity index (χ4n) is 3.14. The van der Waals surface area contributed by atoms with Crippen molar-refractivity contribution in [3.8, 4) is 5.75 Å². The molecule has 1 amide bonds. The number of hydrogen-bond donors (Lipinski definition) is 1. The Hall–Kier alpha value is -1.80. The second-order valence-corrected chi connectivity index (χ2v) is 7.14. The highest BCUT2D eigenvalue weighted by Crippen LogP contribution is 2.20. The molecule has 2 aromatic rings. The van der Waals surface area contributed by atoms with Gasteiger partial charge in [0.1, 0.15) is 18.2 Å². The van der Waals surface area contributed by atoms with Crippen molar-refractivity contribution in [3.63, 3.8) is 0 Å². The summed E-state index contributed by atoms with van der Waals surface area (Å²) in [5.41, 5.74) is 0. The van der Waals surface area contributed by atoms with Crippen LogP contribution in [0, 0.1) is 0 Å². The van der Waals surface area contributed by atoms with Crippen LogP contribution < -0.4 is 10.1 Å². The zero-order valence-corrected chi connectivity index (χ0v) is 17.7. The number of ether oxygens (including phenoxy) is 1. The number of nitrogens with zero attached hydrogens (tertiary/aromatic N) is 4. The zero-order valence-electron chi connectivity index (χ0n) is 16.2. The number of benzene rings is 1. The molecule has 0 spiro atoms. The van der Waals surface area contributed by atoms with Crippen LogP contribution >= 0.6 is 24.0 Å². The van der Waals surface area contributed by atoms with Crippen molar-refractivity contribution < 1.29 is 9.53 Å². The molecule has 3 rings (SSSR count). The molecular formula is C19H27Cl2N5O2. The number of carbonyl (C=O) groups is 1. The monoisotopic (exact) mass is 427 g/mol. The fourth-order valence-corrected chi connectivity index (χ4v) is 3.26. The first-order valence-corrected chi connectivity index (χ1v) is 9.46. The molecule has 0 bridgehead atoms. The molecule has 0 aliphatic carbocycles. The van der Waals surface area contributed by atoms with E-state index in [0.29, 0.717) is 24.7 Å². The molecule has 1 unspecified atom stereocenters. The summed E-state index contributed by atoms with van der Waals surface area (Å²) in [4.78, 5) is 21.0. The molecule has 9 heteroatoms. The topological polar surface area (TPSA) is 62.6 Å². The fraction of sp³-hybridized carbons (Fsp3) is 0.474. The lowest BCUT2D eigenvalue weighted by Crippen LogP contribution is -2.50. The van der Waals surface area contributed by atoms with Crippen LogP contribution in [0.3, 0.4) is 0 Å². The van der Waals surface area contributed by atoms with Crippen molar-refractivity contribution in [2.45, 2.75) is 6.04 Å². The Morgan fingerprint density at radius 2 is 2.14 bits per heavy atom. The van der Waals surface area contributed by atoms with Crippen LogP contribution in [-0.2, 0) is 11.8 Å². The summed E-state index contributed by atoms with van der Waals surface area (Å²) in [6.45, 7) is 3.82. The van der Waals surface area contributed by atoms with Gasteiger partial charge in [-0.2, -0.15) is 0 Å². The number of rotatable bonds is 7. The lowest BCUT2D eigenvalue weighted by Gasteiger charge is -2.36. The molecule has 1 N–H and O–H groups in total. The van der Waals surface area contributed by atoms with Crippen LogP contribution in [0.25, 0.3) is 0 Å². The highest BCUT2D eigenvalue weighted by Gasteiger charge is 2.28. The Morgan fingerprint density at radius 3 is 2.82 bits per heavy atom. The summed E-state index contributed by atoms with van der Waals surface area (Å²) in [6, 6.07) is 7.31. The van der Waals surface area contributed by atoms with E-state index in [0.717, 1.165) is 31.2 Å². The average molecular weight is 428 g/mol. The van der Waals surface area contributed by atoms with Crippen LogP contribution in [0.1, 0.15) is 11.9 Å². The average Bonchev–Trinajstić information content (AvgIpc) is 3.09. The number of hydrogen-bond acceptors (Lipinski definition) is 5. The smallest absolute Gasteiger partial charge is 0.236 e. The Morgan fingerprint density at radius 1 is 1.39 bits per heavy atom. The van der Waals surface area contributed by atoms with E-state index >= 15 is 0 Å². The van der Waals surface area contributed by atoms with Crippen LogP contribution in [0.5, 0.6) is 5.75 Å². The predicted molar refractivity (Wildman–Crippen MR) is 112 cm³/mol. The van der Waals surface area contributed by atoms with Gasteiger partial charge in [0, 0.05) is 51.1 Å². The number of imidazole rings is 1. The standard InChI is InChI=1S/C19H26ClN5O2.ClH/c1-23(11-12-27-16-5-3-15(20)4-6-16)18(26)14-25-10-7-21-13-17(25)19-22-8-9-24(19)2;/h3-6,8-9,17,21H,7,10-14H2,1-2H3;1H. The number of aryl methyl sites for hydroxylation is 1. The minimum absolute atomic E-state index is 0. The van der Waals surface area contributed by atoms with Gasteiger partial charge in [0.15, 0.2) is 0 Å². The first-order valence-electron chi connectivity index (χ1n) is 9.09. The van der Waals surface area contributed by atoms with Gasteiger partial charge in [0.2, 0.25) is 5.91 Å². The molecule has 1 aliphatic heterocycles. The Bertz CT molecular complexity index is 753. The first kappa shape index (κ1) is 22.5. The number of piperazine rings is 1. The van der Waals surface area contributed by atoms with Crippen LogP contribution in [-0.4, -0.2) is 71.6 Å². The van der Waals surface area contributed by atoms with Gasteiger partial charge in [-0.1, -0.05) is 11.6 Å². The summed E-state index contributed by atoms with van der Waals surface area (Å²) in [6.07, 6.45) is 3.73. The molecule has 1 saturated heterocycles. The van der Waals surface area contributed by atoms with Crippen molar-refractivity contribution in [3.05, 3.63) is 47.5 Å². The third-order valence-corrected chi connectivity index (χ3v) is 5.04. The third kappa shape index (κ3) is 5.85. The second kappa shape index (κ2) is 10.7. The van der Waals surface area contributed by atoms with Crippen molar-refractivity contribution in [1.82, 2.24) is 24.7 Å². The Balaban J connectivity index is 0.00000280. The molecule has 1 aromatic carbocycles. The van der Waals surface area contributed by atoms with Crippen molar-refractivity contribution in [2.75, 3.05) is 46.4 Å². The molecular weight excluding hydrogens is 401 g/mol. The summed E-state index contributed by atoms with van der Waals surface area (Å²) in [7, 11) is 3.79. The van der Waals surface area contributed by atoms with Crippen molar-refractivity contribution in [1.29, 1.82) is 0 Å². The maximum atomic E-state index is 12.7. The van der Waals surface area contributed by atoms with Gasteiger partial charge >= 0.3 is 0 Å². The molecule has 7 nitrogen and oxygen atoms in total. The molecule has 1 fully saturated rings. The quantitative estimate of drug-likeness (QED) is 0.731. The molecule has 1 aromatic heterocycles. The number of amides is 1. The number of aromatic nitrogens is 2. The van der Waals surface area contributed by atoms with Gasteiger partial charge in [-0.15, -0.1) is 12.4 Å². The van der Waals surface area contributed by atoms with Crippen molar-refractivity contribution >= 4 is 29.9 Å². The molecule has 154 valence electrons. The molecule has 0 saturated carbocycles. The molecule has 1 aliphatic rings. The van der Waals surface area contributed by atoms with E-state index in [-0.39, 0.29) is 24.4 Å². The van der Waals surface area contributed by atoms with Crippen LogP contribution in [0.4, 0.5) is 0 Å². The summed E-state index contributed by atoms with van der Waals surface area (Å²) >= 11 is 5.87. The SMILES string of the molecule is CN(CCOc1ccc(Cl)cc1)C(=O)CN1CCNCC1c1nccn1C.Cl. The number of nitrogens with one attached hydrogen (secondary N) is 1. The highest BCUT2D eigenvalue weighted by molar-refractivity contribution is 6.30. The van der Waals surface area contributed by atoms with Gasteiger partial charge < -0.3 is 19.5 Å². The lowest BCUT2D eigenvalue weighted by atomic mass is 10.1. The van der Waals surface area contributed by atoms with E-state index in [2.05, 4.69) is 15.2 Å². The Kier molecular flexibility index (Phi) is 8.57. The predicted octanol–water partition coefficient (Wildman–Crippen LogP) is 1.98. The van der Waals surface area contributed by atoms with E-state index in [1.165, 1.54) is 0 Å². The maximum Gasteiger partial charge on any atom is 0.236 e. The largest absolute Gasteiger partial charge is 0.492 e. The van der Waals surface area contributed by atoms with E-state index in [9.17, 15) is 4.79 Å².